The minimum atomic E-state index is -0.0465. The molecule has 0 rings (SSSR count). The van der Waals surface area contributed by atoms with Crippen molar-refractivity contribution in [2.75, 3.05) is 6.54 Å². The molecule has 0 bridgehead atoms. The minimum absolute atomic E-state index is 0.0465. The molecule has 0 saturated carbocycles. The summed E-state index contributed by atoms with van der Waals surface area (Å²) in [5, 5.41) is 0. The fraction of sp³-hybridized carbons (Fsp3) is 0.923. The monoisotopic (exact) mass is 213 g/mol. The van der Waals surface area contributed by atoms with Gasteiger partial charge in [-0.25, -0.2) is 0 Å². The molecular formula is C13H27NO. The van der Waals surface area contributed by atoms with Crippen molar-refractivity contribution >= 4 is 5.91 Å². The number of carbonyl (C=O) groups is 1. The Morgan fingerprint density at radius 3 is 2.13 bits per heavy atom. The van der Waals surface area contributed by atoms with Crippen LogP contribution in [0, 0.1) is 5.92 Å². The Kier molecular flexibility index (Phi) is 5.92. The van der Waals surface area contributed by atoms with Crippen LogP contribution in [-0.4, -0.2) is 22.9 Å². The molecule has 0 heterocycles. The van der Waals surface area contributed by atoms with Crippen LogP contribution >= 0.6 is 0 Å². The Morgan fingerprint density at radius 2 is 1.80 bits per heavy atom. The van der Waals surface area contributed by atoms with Crippen LogP contribution in [0.15, 0.2) is 0 Å². The molecular weight excluding hydrogens is 186 g/mol. The van der Waals surface area contributed by atoms with Crippen LogP contribution in [0.1, 0.15) is 60.8 Å². The SMILES string of the molecule is CCCCC(=O)N(CC(C)C)C(C)(C)C. The van der Waals surface area contributed by atoms with E-state index in [4.69, 9.17) is 0 Å². The van der Waals surface area contributed by atoms with Gasteiger partial charge in [0.25, 0.3) is 0 Å². The van der Waals surface area contributed by atoms with E-state index in [1.54, 1.807) is 0 Å². The lowest BCUT2D eigenvalue weighted by Crippen LogP contribution is -2.47. The number of hydrogen-bond donors (Lipinski definition) is 0. The second-order valence-corrected chi connectivity index (χ2v) is 5.67. The molecule has 15 heavy (non-hydrogen) atoms. The Labute approximate surface area is 95.0 Å². The van der Waals surface area contributed by atoms with Gasteiger partial charge >= 0.3 is 0 Å². The van der Waals surface area contributed by atoms with Crippen molar-refractivity contribution < 1.29 is 4.79 Å². The third kappa shape index (κ3) is 5.81. The topological polar surface area (TPSA) is 20.3 Å². The summed E-state index contributed by atoms with van der Waals surface area (Å²) in [6.45, 7) is 13.6. The lowest BCUT2D eigenvalue weighted by molar-refractivity contribution is -0.136. The smallest absolute Gasteiger partial charge is 0.223 e. The van der Waals surface area contributed by atoms with Gasteiger partial charge in [-0.05, 0) is 33.1 Å². The molecule has 0 unspecified atom stereocenters. The zero-order chi connectivity index (χ0) is 12.1. The van der Waals surface area contributed by atoms with Crippen LogP contribution in [0.4, 0.5) is 0 Å². The average Bonchev–Trinajstić information content (AvgIpc) is 2.08. The number of unbranched alkanes of at least 4 members (excludes halogenated alkanes) is 1. The average molecular weight is 213 g/mol. The highest BCUT2D eigenvalue weighted by molar-refractivity contribution is 5.76. The summed E-state index contributed by atoms with van der Waals surface area (Å²) in [6.07, 6.45) is 2.79. The summed E-state index contributed by atoms with van der Waals surface area (Å²) >= 11 is 0. The maximum Gasteiger partial charge on any atom is 0.223 e. The summed E-state index contributed by atoms with van der Waals surface area (Å²) in [4.78, 5) is 14.0. The lowest BCUT2D eigenvalue weighted by atomic mass is 10.0. The number of nitrogens with zero attached hydrogens (tertiary/aromatic N) is 1. The molecule has 0 aromatic heterocycles. The Morgan fingerprint density at radius 1 is 1.27 bits per heavy atom. The van der Waals surface area contributed by atoms with Crippen molar-refractivity contribution in [3.63, 3.8) is 0 Å². The first-order chi connectivity index (χ1) is 6.79. The van der Waals surface area contributed by atoms with E-state index in [0.717, 1.165) is 19.4 Å². The van der Waals surface area contributed by atoms with Crippen molar-refractivity contribution in [3.8, 4) is 0 Å². The standard InChI is InChI=1S/C13H27NO/c1-7-8-9-12(15)14(10-11(2)3)13(4,5)6/h11H,7-10H2,1-6H3. The Bertz CT molecular complexity index is 191. The van der Waals surface area contributed by atoms with E-state index in [-0.39, 0.29) is 5.54 Å². The number of amides is 1. The second-order valence-electron chi connectivity index (χ2n) is 5.67. The number of hydrogen-bond acceptors (Lipinski definition) is 1. The van der Waals surface area contributed by atoms with E-state index < -0.39 is 0 Å². The summed E-state index contributed by atoms with van der Waals surface area (Å²) in [7, 11) is 0. The van der Waals surface area contributed by atoms with Crippen LogP contribution in [-0.2, 0) is 4.79 Å². The molecule has 0 N–H and O–H groups in total. The summed E-state index contributed by atoms with van der Waals surface area (Å²) < 4.78 is 0. The van der Waals surface area contributed by atoms with E-state index in [1.165, 1.54) is 0 Å². The molecule has 2 nitrogen and oxygen atoms in total. The third-order valence-corrected chi connectivity index (χ3v) is 2.40. The van der Waals surface area contributed by atoms with E-state index >= 15 is 0 Å². The first-order valence-electron chi connectivity index (χ1n) is 6.09. The van der Waals surface area contributed by atoms with Crippen molar-refractivity contribution in [2.24, 2.45) is 5.92 Å². The van der Waals surface area contributed by atoms with Gasteiger partial charge in [-0.2, -0.15) is 0 Å². The zero-order valence-electron chi connectivity index (χ0n) is 11.3. The summed E-state index contributed by atoms with van der Waals surface area (Å²) in [5.41, 5.74) is -0.0465. The number of rotatable bonds is 5. The van der Waals surface area contributed by atoms with E-state index in [9.17, 15) is 4.79 Å². The summed E-state index contributed by atoms with van der Waals surface area (Å²) in [6, 6.07) is 0. The van der Waals surface area contributed by atoms with Gasteiger partial charge in [-0.3, -0.25) is 4.79 Å². The highest BCUT2D eigenvalue weighted by Crippen LogP contribution is 2.17. The predicted octanol–water partition coefficient (Wildman–Crippen LogP) is 3.46. The largest absolute Gasteiger partial charge is 0.338 e. The van der Waals surface area contributed by atoms with Crippen LogP contribution in [0.2, 0.25) is 0 Å². The van der Waals surface area contributed by atoms with Crippen molar-refractivity contribution in [2.45, 2.75) is 66.3 Å². The molecule has 0 fully saturated rings. The van der Waals surface area contributed by atoms with Gasteiger partial charge in [0.15, 0.2) is 0 Å². The zero-order valence-corrected chi connectivity index (χ0v) is 11.3. The third-order valence-electron chi connectivity index (χ3n) is 2.40. The van der Waals surface area contributed by atoms with Crippen LogP contribution < -0.4 is 0 Å². The van der Waals surface area contributed by atoms with Crippen molar-refractivity contribution in [1.82, 2.24) is 4.90 Å². The van der Waals surface area contributed by atoms with E-state index in [2.05, 4.69) is 41.5 Å². The molecule has 0 atom stereocenters. The molecule has 0 aliphatic heterocycles. The lowest BCUT2D eigenvalue weighted by Gasteiger charge is -2.37. The van der Waals surface area contributed by atoms with Gasteiger partial charge in [-0.15, -0.1) is 0 Å². The maximum atomic E-state index is 12.0. The fourth-order valence-corrected chi connectivity index (χ4v) is 1.58. The second kappa shape index (κ2) is 6.14. The number of carbonyl (C=O) groups excluding carboxylic acids is 1. The molecule has 0 saturated heterocycles. The van der Waals surface area contributed by atoms with Crippen molar-refractivity contribution in [3.05, 3.63) is 0 Å². The molecule has 0 aliphatic rings. The van der Waals surface area contributed by atoms with Crippen LogP contribution in [0.25, 0.3) is 0 Å². The molecule has 0 aromatic rings. The highest BCUT2D eigenvalue weighted by atomic mass is 16.2. The Hall–Kier alpha value is -0.530. The van der Waals surface area contributed by atoms with Crippen LogP contribution in [0.3, 0.4) is 0 Å². The molecule has 1 amide bonds. The quantitative estimate of drug-likeness (QED) is 0.685. The van der Waals surface area contributed by atoms with Gasteiger partial charge in [0.1, 0.15) is 0 Å². The molecule has 2 heteroatoms. The molecule has 0 radical (unpaired) electrons. The molecule has 0 aliphatic carbocycles. The van der Waals surface area contributed by atoms with Gasteiger partial charge in [0.05, 0.1) is 0 Å². The normalized spacial score (nSPS) is 11.9. The van der Waals surface area contributed by atoms with Gasteiger partial charge in [0, 0.05) is 18.5 Å². The molecule has 0 spiro atoms. The minimum Gasteiger partial charge on any atom is -0.338 e. The van der Waals surface area contributed by atoms with Gasteiger partial charge in [0.2, 0.25) is 5.91 Å². The first-order valence-corrected chi connectivity index (χ1v) is 6.09. The highest BCUT2D eigenvalue weighted by Gasteiger charge is 2.26. The maximum absolute atomic E-state index is 12.0. The van der Waals surface area contributed by atoms with Gasteiger partial charge < -0.3 is 4.90 Å². The van der Waals surface area contributed by atoms with Crippen molar-refractivity contribution in [1.29, 1.82) is 0 Å². The van der Waals surface area contributed by atoms with E-state index in [1.807, 2.05) is 4.90 Å². The predicted molar refractivity (Wildman–Crippen MR) is 65.8 cm³/mol. The molecule has 90 valence electrons. The first kappa shape index (κ1) is 14.5. The summed E-state index contributed by atoms with van der Waals surface area (Å²) in [5.74, 6) is 0.841. The van der Waals surface area contributed by atoms with E-state index in [0.29, 0.717) is 18.2 Å². The molecule has 0 aromatic carbocycles. The van der Waals surface area contributed by atoms with Gasteiger partial charge in [-0.1, -0.05) is 27.2 Å². The Balaban J connectivity index is 4.42. The van der Waals surface area contributed by atoms with Crippen LogP contribution in [0.5, 0.6) is 0 Å². The fourth-order valence-electron chi connectivity index (χ4n) is 1.58.